The van der Waals surface area contributed by atoms with Crippen LogP contribution < -0.4 is 0 Å². The summed E-state index contributed by atoms with van der Waals surface area (Å²) >= 11 is 5.78. The summed E-state index contributed by atoms with van der Waals surface area (Å²) in [6, 6.07) is 6.42. The average molecular weight is 850 g/mol. The molecule has 2 rings (SSSR count). The number of unbranched alkanes of at least 4 members (excludes halogenated alkanes) is 2. The van der Waals surface area contributed by atoms with Crippen LogP contribution in [-0.4, -0.2) is 10.9 Å². The Hall–Kier alpha value is -3.81. The first-order valence-corrected chi connectivity index (χ1v) is 22.7. The first kappa shape index (κ1) is 60.5. The lowest BCUT2D eigenvalue weighted by Crippen LogP contribution is -2.10. The monoisotopic (exact) mass is 849 g/mol. The molecule has 60 heavy (non-hydrogen) atoms. The third kappa shape index (κ3) is 27.1. The highest BCUT2D eigenvalue weighted by atomic mass is 35.5. The molecule has 1 heterocycles. The normalized spacial score (nSPS) is 12.0. The molecule has 0 spiro atoms. The number of aliphatic hydroxyl groups excluding tert-OH is 1. The number of allylic oxidation sites excluding steroid dienone is 7. The number of aliphatic hydroxyl groups is 1. The van der Waals surface area contributed by atoms with Crippen LogP contribution in [0.15, 0.2) is 89.1 Å². The largest absolute Gasteiger partial charge is 0.508 e. The van der Waals surface area contributed by atoms with Gasteiger partial charge in [0, 0.05) is 29.1 Å². The van der Waals surface area contributed by atoms with Crippen LogP contribution in [0.4, 0.5) is 4.39 Å². The van der Waals surface area contributed by atoms with E-state index in [0.717, 1.165) is 43.2 Å². The summed E-state index contributed by atoms with van der Waals surface area (Å²) in [5.74, 6) is 6.46. The second-order valence-corrected chi connectivity index (χ2v) is 18.0. The number of furan rings is 1. The van der Waals surface area contributed by atoms with E-state index in [1.165, 1.54) is 49.8 Å². The molecule has 0 radical (unpaired) electrons. The van der Waals surface area contributed by atoms with Gasteiger partial charge < -0.3 is 9.52 Å². The van der Waals surface area contributed by atoms with Gasteiger partial charge in [-0.1, -0.05) is 203 Å². The Morgan fingerprint density at radius 1 is 0.900 bits per heavy atom. The average Bonchev–Trinajstić information content (AvgIpc) is 3.54. The summed E-state index contributed by atoms with van der Waals surface area (Å²) in [5, 5.41) is 9.64. The highest BCUT2D eigenvalue weighted by molar-refractivity contribution is 6.30. The van der Waals surface area contributed by atoms with Crippen LogP contribution in [-0.2, 0) is 0 Å². The maximum absolute atomic E-state index is 13.8. The van der Waals surface area contributed by atoms with Gasteiger partial charge in [-0.25, -0.2) is 4.39 Å². The summed E-state index contributed by atoms with van der Waals surface area (Å²) in [7, 11) is 0. The molecule has 0 aliphatic carbocycles. The van der Waals surface area contributed by atoms with Crippen molar-refractivity contribution in [1.29, 1.82) is 0 Å². The number of aryl methyl sites for hydroxylation is 1. The number of carbonyl (C=O) groups excluding carboxylic acids is 1. The molecule has 2 aromatic rings. The molecule has 3 nitrogen and oxygen atoms in total. The number of ketones is 1. The summed E-state index contributed by atoms with van der Waals surface area (Å²) < 4.78 is 19.9. The van der Waals surface area contributed by atoms with Crippen molar-refractivity contribution in [3.05, 3.63) is 118 Å². The summed E-state index contributed by atoms with van der Waals surface area (Å²) in [6.07, 6.45) is 17.1. The van der Waals surface area contributed by atoms with Crippen LogP contribution in [0, 0.1) is 41.3 Å². The Morgan fingerprint density at radius 2 is 1.47 bits per heavy atom. The molecule has 1 N–H and O–H groups in total. The number of hydrogen-bond donors (Lipinski definition) is 1. The molecule has 1 aromatic carbocycles. The number of Topliss-reactive ketones (excluding diaryl/α,β-unsaturated/α-hetero) is 1. The molecular weight excluding hydrogens is 763 g/mol. The van der Waals surface area contributed by atoms with E-state index < -0.39 is 5.82 Å². The van der Waals surface area contributed by atoms with Gasteiger partial charge in [-0.15, -0.1) is 0 Å². The van der Waals surface area contributed by atoms with E-state index in [1.54, 1.807) is 12.1 Å². The molecule has 0 aliphatic rings. The molecule has 1 unspecified atom stereocenters. The highest BCUT2D eigenvalue weighted by Gasteiger charge is 2.27. The van der Waals surface area contributed by atoms with Gasteiger partial charge in [-0.05, 0) is 91.3 Å². The molecule has 1 aromatic heterocycles. The van der Waals surface area contributed by atoms with E-state index in [-0.39, 0.29) is 27.9 Å². The lowest BCUT2D eigenvalue weighted by atomic mass is 9.82. The van der Waals surface area contributed by atoms with Gasteiger partial charge in [0.05, 0.1) is 5.02 Å². The van der Waals surface area contributed by atoms with Crippen LogP contribution in [0.5, 0.6) is 0 Å². The van der Waals surface area contributed by atoms with Crippen molar-refractivity contribution in [2.24, 2.45) is 16.7 Å². The molecule has 338 valence electrons. The minimum Gasteiger partial charge on any atom is -0.508 e. The first-order chi connectivity index (χ1) is 27.9. The highest BCUT2D eigenvalue weighted by Crippen LogP contribution is 2.39. The maximum atomic E-state index is 13.8. The van der Waals surface area contributed by atoms with Gasteiger partial charge in [-0.2, -0.15) is 0 Å². The van der Waals surface area contributed by atoms with Crippen molar-refractivity contribution in [2.45, 2.75) is 182 Å². The van der Waals surface area contributed by atoms with E-state index in [0.29, 0.717) is 39.2 Å². The zero-order chi connectivity index (χ0) is 47.2. The third-order valence-electron chi connectivity index (χ3n) is 8.81. The second kappa shape index (κ2) is 32.9. The number of carbonyl (C=O) groups is 1. The Labute approximate surface area is 374 Å². The molecule has 0 aliphatic heterocycles. The summed E-state index contributed by atoms with van der Waals surface area (Å²) in [5.41, 5.74) is 5.87. The fourth-order valence-corrected chi connectivity index (χ4v) is 5.18. The zero-order valence-corrected chi connectivity index (χ0v) is 42.1. The molecular formula is C55H86ClFO3. The Balaban J connectivity index is -0.000000862. The SMILES string of the molecule is C=C(/C=C(\c1oc(C(=O)C(C)CC)cc1C)C(C)(C)C)c1ccc(Cl)c(F)c1.C=C(O)/C(=C/C=C(/C)CCC)C(=C)C#CCCC.CCC.CCCC.CCCC(C)(C)C. The predicted octanol–water partition coefficient (Wildman–Crippen LogP) is 18.9. The number of rotatable bonds is 14. The molecule has 0 amide bonds. The van der Waals surface area contributed by atoms with Crippen LogP contribution in [0.3, 0.4) is 0 Å². The van der Waals surface area contributed by atoms with Crippen molar-refractivity contribution in [1.82, 2.24) is 0 Å². The molecule has 1 atom stereocenters. The number of halogens is 2. The third-order valence-corrected chi connectivity index (χ3v) is 9.12. The van der Waals surface area contributed by atoms with Crippen molar-refractivity contribution in [3.63, 3.8) is 0 Å². The van der Waals surface area contributed by atoms with Crippen LogP contribution in [0.25, 0.3) is 11.1 Å². The lowest BCUT2D eigenvalue weighted by molar-refractivity contribution is 0.0898. The van der Waals surface area contributed by atoms with Crippen molar-refractivity contribution in [3.8, 4) is 11.8 Å². The van der Waals surface area contributed by atoms with Gasteiger partial charge in [-0.3, -0.25) is 4.79 Å². The van der Waals surface area contributed by atoms with Crippen molar-refractivity contribution >= 4 is 28.5 Å². The lowest BCUT2D eigenvalue weighted by Gasteiger charge is -2.23. The van der Waals surface area contributed by atoms with Gasteiger partial charge in [0.25, 0.3) is 0 Å². The van der Waals surface area contributed by atoms with Gasteiger partial charge in [0.1, 0.15) is 17.3 Å². The summed E-state index contributed by atoms with van der Waals surface area (Å²) in [4.78, 5) is 12.5. The fraction of sp³-hybridized carbons (Fsp3) is 0.545. The van der Waals surface area contributed by atoms with E-state index in [1.807, 2.05) is 39.0 Å². The predicted molar refractivity (Wildman–Crippen MR) is 266 cm³/mol. The van der Waals surface area contributed by atoms with Gasteiger partial charge >= 0.3 is 0 Å². The zero-order valence-electron chi connectivity index (χ0n) is 41.3. The minimum atomic E-state index is -0.485. The van der Waals surface area contributed by atoms with Gasteiger partial charge in [0.2, 0.25) is 5.78 Å². The van der Waals surface area contributed by atoms with Gasteiger partial charge in [0.15, 0.2) is 5.76 Å². The minimum absolute atomic E-state index is 0.00343. The molecule has 5 heteroatoms. The molecule has 0 bridgehead atoms. The van der Waals surface area contributed by atoms with E-state index >= 15 is 0 Å². The maximum Gasteiger partial charge on any atom is 0.200 e. The van der Waals surface area contributed by atoms with Crippen LogP contribution in [0.1, 0.15) is 202 Å². The molecule has 0 saturated heterocycles. The quantitative estimate of drug-likeness (QED) is 0.0892. The fourth-order valence-electron chi connectivity index (χ4n) is 5.06. The Kier molecular flexibility index (Phi) is 33.2. The van der Waals surface area contributed by atoms with Crippen LogP contribution in [0.2, 0.25) is 5.02 Å². The van der Waals surface area contributed by atoms with Crippen molar-refractivity contribution in [2.75, 3.05) is 0 Å². The topological polar surface area (TPSA) is 50.4 Å². The van der Waals surface area contributed by atoms with E-state index in [9.17, 15) is 14.3 Å². The Bertz CT molecular complexity index is 1740. The smallest absolute Gasteiger partial charge is 0.200 e. The number of benzene rings is 1. The standard InChI is InChI=1S/C24H28ClFO2.C17H24O.C7H16.C4H10.C3H8/c1-8-14(2)22(27)21-12-16(4)23(28-21)18(24(5,6)7)11-15(3)17-9-10-19(25)20(26)13-17;1-6-8-9-11-15(4)17(16(5)18)13-12-14(3)10-7-2;1-5-6-7(2,3)4;1-3-4-2;1-3-2/h9-14H,3,8H2,1-2,4-7H3;12-13,18H,4-8,10H2,1-3H3;5-6H2,1-4H3;3-4H2,1-2H3;3H2,1-2H3/b18-11+;14-12-,17-13+;;;. The second-order valence-electron chi connectivity index (χ2n) is 17.6. The van der Waals surface area contributed by atoms with E-state index in [4.69, 9.17) is 16.0 Å². The van der Waals surface area contributed by atoms with E-state index in [2.05, 4.69) is 129 Å². The van der Waals surface area contributed by atoms with Crippen molar-refractivity contribution < 1.29 is 18.7 Å². The van der Waals surface area contributed by atoms with Crippen LogP contribution >= 0.6 is 11.6 Å². The Morgan fingerprint density at radius 3 is 1.87 bits per heavy atom. The first-order valence-electron chi connectivity index (χ1n) is 22.3. The molecule has 0 fully saturated rings. The molecule has 0 saturated carbocycles. The summed E-state index contributed by atoms with van der Waals surface area (Å²) in [6.45, 7) is 47.5. The number of hydrogen-bond acceptors (Lipinski definition) is 3.